The maximum absolute atomic E-state index is 5.08. The summed E-state index contributed by atoms with van der Waals surface area (Å²) in [6, 6.07) is 0.590. The molecule has 7 heteroatoms. The second-order valence-electron chi connectivity index (χ2n) is 7.44. The number of hydrogen-bond acceptors (Lipinski definition) is 7. The molecule has 1 aliphatic carbocycles. The Morgan fingerprint density at radius 2 is 2.16 bits per heavy atom. The summed E-state index contributed by atoms with van der Waals surface area (Å²) in [4.78, 5) is 15.3. The predicted octanol–water partition coefficient (Wildman–Crippen LogP) is 3.20. The van der Waals surface area contributed by atoms with Crippen molar-refractivity contribution < 1.29 is 4.52 Å². The Kier molecular flexibility index (Phi) is 5.15. The van der Waals surface area contributed by atoms with E-state index in [0.717, 1.165) is 31.4 Å². The predicted molar refractivity (Wildman–Crippen MR) is 97.5 cm³/mol. The van der Waals surface area contributed by atoms with E-state index in [4.69, 9.17) is 4.52 Å². The van der Waals surface area contributed by atoms with Crippen LogP contribution in [0.25, 0.3) is 0 Å². The van der Waals surface area contributed by atoms with Gasteiger partial charge in [-0.05, 0) is 45.7 Å². The fourth-order valence-corrected chi connectivity index (χ4v) is 4.76. The molecule has 25 heavy (non-hydrogen) atoms. The Labute approximate surface area is 153 Å². The number of thiazole rings is 1. The van der Waals surface area contributed by atoms with Crippen molar-refractivity contribution in [1.82, 2.24) is 24.9 Å². The zero-order chi connectivity index (χ0) is 17.2. The van der Waals surface area contributed by atoms with Crippen LogP contribution in [0.5, 0.6) is 0 Å². The van der Waals surface area contributed by atoms with Gasteiger partial charge in [-0.15, -0.1) is 11.3 Å². The van der Waals surface area contributed by atoms with E-state index in [9.17, 15) is 0 Å². The molecule has 0 aromatic carbocycles. The van der Waals surface area contributed by atoms with Gasteiger partial charge >= 0.3 is 0 Å². The number of aryl methyl sites for hydroxylation is 1. The topological polar surface area (TPSA) is 58.3 Å². The molecule has 2 fully saturated rings. The first kappa shape index (κ1) is 17.1. The fourth-order valence-electron chi connectivity index (χ4n) is 3.63. The third-order valence-electron chi connectivity index (χ3n) is 5.25. The van der Waals surface area contributed by atoms with E-state index in [-0.39, 0.29) is 0 Å². The maximum Gasteiger partial charge on any atom is 0.223 e. The molecule has 3 heterocycles. The molecule has 0 bridgehead atoms. The number of rotatable bonds is 6. The quantitative estimate of drug-likeness (QED) is 0.787. The van der Waals surface area contributed by atoms with Crippen LogP contribution in [0.1, 0.15) is 59.6 Å². The highest BCUT2D eigenvalue weighted by Crippen LogP contribution is 2.41. The average Bonchev–Trinajstić information content (AvgIpc) is 3.28. The Hall–Kier alpha value is -1.31. The van der Waals surface area contributed by atoms with Gasteiger partial charge in [0.25, 0.3) is 0 Å². The fraction of sp³-hybridized carbons (Fsp3) is 0.722. The molecular weight excluding hydrogens is 334 g/mol. The van der Waals surface area contributed by atoms with E-state index in [2.05, 4.69) is 38.2 Å². The van der Waals surface area contributed by atoms with Crippen molar-refractivity contribution >= 4 is 11.3 Å². The zero-order valence-electron chi connectivity index (χ0n) is 15.1. The summed E-state index contributed by atoms with van der Waals surface area (Å²) < 4.78 is 5.08. The van der Waals surface area contributed by atoms with Crippen LogP contribution >= 0.6 is 11.3 Å². The van der Waals surface area contributed by atoms with Crippen LogP contribution in [-0.4, -0.2) is 51.1 Å². The van der Waals surface area contributed by atoms with Crippen molar-refractivity contribution in [1.29, 1.82) is 0 Å². The lowest BCUT2D eigenvalue weighted by atomic mass is 10.1. The molecule has 0 N–H and O–H groups in total. The van der Waals surface area contributed by atoms with Crippen molar-refractivity contribution in [3.05, 3.63) is 27.8 Å². The van der Waals surface area contributed by atoms with E-state index in [1.165, 1.54) is 48.5 Å². The van der Waals surface area contributed by atoms with Gasteiger partial charge in [-0.1, -0.05) is 5.16 Å². The van der Waals surface area contributed by atoms with Gasteiger partial charge in [0.1, 0.15) is 0 Å². The van der Waals surface area contributed by atoms with Crippen molar-refractivity contribution in [3.63, 3.8) is 0 Å². The second kappa shape index (κ2) is 7.51. The minimum atomic E-state index is 0.590. The molecule has 6 nitrogen and oxygen atoms in total. The van der Waals surface area contributed by atoms with Crippen molar-refractivity contribution in [2.75, 3.05) is 20.1 Å². The molecule has 1 aliphatic heterocycles. The van der Waals surface area contributed by atoms with E-state index >= 15 is 0 Å². The summed E-state index contributed by atoms with van der Waals surface area (Å²) in [5.41, 5.74) is 0. The molecule has 2 aromatic heterocycles. The summed E-state index contributed by atoms with van der Waals surface area (Å²) in [6.45, 7) is 6.00. The number of nitrogens with zero attached hydrogens (tertiary/aromatic N) is 5. The maximum atomic E-state index is 5.08. The summed E-state index contributed by atoms with van der Waals surface area (Å²) >= 11 is 1.92. The Balaban J connectivity index is 1.28. The van der Waals surface area contributed by atoms with E-state index in [0.29, 0.717) is 11.9 Å². The SMILES string of the molecule is Cc1nc(CN(C)C2CCCN(Cc3cnc(C4CC4)s3)CC2)no1. The van der Waals surface area contributed by atoms with E-state index in [1.807, 2.05) is 18.3 Å². The third-order valence-corrected chi connectivity index (χ3v) is 6.40. The first-order chi connectivity index (χ1) is 12.2. The lowest BCUT2D eigenvalue weighted by molar-refractivity contribution is 0.200. The minimum Gasteiger partial charge on any atom is -0.340 e. The molecule has 4 rings (SSSR count). The number of aromatic nitrogens is 3. The van der Waals surface area contributed by atoms with Crippen LogP contribution in [-0.2, 0) is 13.1 Å². The summed E-state index contributed by atoms with van der Waals surface area (Å²) in [5, 5.41) is 5.38. The molecular formula is C18H27N5OS. The van der Waals surface area contributed by atoms with Gasteiger partial charge in [0, 0.05) is 43.0 Å². The molecule has 1 atom stereocenters. The van der Waals surface area contributed by atoms with Gasteiger partial charge in [-0.3, -0.25) is 9.80 Å². The monoisotopic (exact) mass is 361 g/mol. The van der Waals surface area contributed by atoms with Crippen LogP contribution < -0.4 is 0 Å². The molecule has 1 unspecified atom stereocenters. The normalized spacial score (nSPS) is 22.4. The van der Waals surface area contributed by atoms with Crippen molar-refractivity contribution in [2.45, 2.75) is 64.1 Å². The van der Waals surface area contributed by atoms with Crippen LogP contribution in [0.3, 0.4) is 0 Å². The first-order valence-electron chi connectivity index (χ1n) is 9.34. The van der Waals surface area contributed by atoms with Crippen molar-refractivity contribution in [2.24, 2.45) is 0 Å². The standard InChI is InChI=1S/C18H27N5OS/c1-13-20-17(21-24-13)12-22(2)15-4-3-8-23(9-7-15)11-16-10-19-18(25-16)14-5-6-14/h10,14-15H,3-9,11-12H2,1-2H3. The van der Waals surface area contributed by atoms with Gasteiger partial charge in [0.2, 0.25) is 5.89 Å². The zero-order valence-corrected chi connectivity index (χ0v) is 16.0. The molecule has 0 spiro atoms. The Morgan fingerprint density at radius 1 is 1.28 bits per heavy atom. The van der Waals surface area contributed by atoms with Gasteiger partial charge in [-0.2, -0.15) is 4.98 Å². The largest absolute Gasteiger partial charge is 0.340 e. The van der Waals surface area contributed by atoms with Crippen LogP contribution in [0.2, 0.25) is 0 Å². The molecule has 1 saturated carbocycles. The molecule has 136 valence electrons. The Morgan fingerprint density at radius 3 is 2.92 bits per heavy atom. The average molecular weight is 362 g/mol. The first-order valence-corrected chi connectivity index (χ1v) is 10.2. The lowest BCUT2D eigenvalue weighted by Gasteiger charge is -2.26. The smallest absolute Gasteiger partial charge is 0.223 e. The van der Waals surface area contributed by atoms with Crippen LogP contribution in [0, 0.1) is 6.92 Å². The summed E-state index contributed by atoms with van der Waals surface area (Å²) in [7, 11) is 2.18. The van der Waals surface area contributed by atoms with Gasteiger partial charge in [0.05, 0.1) is 11.6 Å². The molecule has 2 aliphatic rings. The lowest BCUT2D eigenvalue weighted by Crippen LogP contribution is -2.32. The van der Waals surface area contributed by atoms with E-state index < -0.39 is 0 Å². The van der Waals surface area contributed by atoms with Crippen LogP contribution in [0.15, 0.2) is 10.7 Å². The highest BCUT2D eigenvalue weighted by molar-refractivity contribution is 7.11. The van der Waals surface area contributed by atoms with Gasteiger partial charge < -0.3 is 4.52 Å². The molecule has 0 amide bonds. The minimum absolute atomic E-state index is 0.590. The van der Waals surface area contributed by atoms with Gasteiger partial charge in [0.15, 0.2) is 5.82 Å². The van der Waals surface area contributed by atoms with E-state index in [1.54, 1.807) is 0 Å². The second-order valence-corrected chi connectivity index (χ2v) is 8.59. The summed E-state index contributed by atoms with van der Waals surface area (Å²) in [6.07, 6.45) is 8.45. The molecule has 1 saturated heterocycles. The summed E-state index contributed by atoms with van der Waals surface area (Å²) in [5.74, 6) is 2.21. The Bertz CT molecular complexity index is 695. The highest BCUT2D eigenvalue weighted by Gasteiger charge is 2.27. The highest BCUT2D eigenvalue weighted by atomic mass is 32.1. The van der Waals surface area contributed by atoms with Gasteiger partial charge in [-0.25, -0.2) is 4.98 Å². The number of likely N-dealkylation sites (tertiary alicyclic amines) is 1. The third kappa shape index (κ3) is 4.46. The van der Waals surface area contributed by atoms with Crippen LogP contribution in [0.4, 0.5) is 0 Å². The molecule has 2 aromatic rings. The van der Waals surface area contributed by atoms with Crippen molar-refractivity contribution in [3.8, 4) is 0 Å². The molecule has 0 radical (unpaired) electrons. The number of hydrogen-bond donors (Lipinski definition) is 0.